The first kappa shape index (κ1) is 25.9. The zero-order valence-electron chi connectivity index (χ0n) is 18.1. The summed E-state index contributed by atoms with van der Waals surface area (Å²) in [6, 6.07) is 0. The van der Waals surface area contributed by atoms with Crippen LogP contribution < -0.4 is 0 Å². The Kier molecular flexibility index (Phi) is 17.6. The predicted octanol–water partition coefficient (Wildman–Crippen LogP) is 6.90. The summed E-state index contributed by atoms with van der Waals surface area (Å²) in [5.41, 5.74) is 0. The number of carboxylic acid groups (broad SMARTS) is 1. The third-order valence-electron chi connectivity index (χ3n) is 4.93. The van der Waals surface area contributed by atoms with Crippen LogP contribution in [0.1, 0.15) is 124 Å². The average molecular weight is 385 g/mol. The molecule has 4 nitrogen and oxygen atoms in total. The van der Waals surface area contributed by atoms with Crippen molar-refractivity contribution in [1.29, 1.82) is 0 Å². The second kappa shape index (κ2) is 18.3. The van der Waals surface area contributed by atoms with E-state index in [1.807, 2.05) is 0 Å². The summed E-state index contributed by atoms with van der Waals surface area (Å²) in [5.74, 6) is -0.460. The highest BCUT2D eigenvalue weighted by Crippen LogP contribution is 2.18. The first-order valence-electron chi connectivity index (χ1n) is 11.4. The fourth-order valence-corrected chi connectivity index (χ4v) is 3.40. The molecular weight excluding hydrogens is 340 g/mol. The molecule has 1 unspecified atom stereocenters. The molecule has 0 aromatic carbocycles. The maximum absolute atomic E-state index is 12.0. The van der Waals surface area contributed by atoms with Crippen molar-refractivity contribution in [3.63, 3.8) is 0 Å². The van der Waals surface area contributed by atoms with Crippen molar-refractivity contribution in [1.82, 2.24) is 0 Å². The van der Waals surface area contributed by atoms with Crippen LogP contribution in [0.4, 0.5) is 0 Å². The maximum Gasteiger partial charge on any atom is 0.306 e. The Labute approximate surface area is 167 Å². The van der Waals surface area contributed by atoms with Crippen LogP contribution in [0.2, 0.25) is 0 Å². The molecule has 0 aromatic heterocycles. The van der Waals surface area contributed by atoms with Crippen LogP contribution in [-0.4, -0.2) is 23.1 Å². The standard InChI is InChI=1S/C23H44O4/c1-4-5-6-7-8-9-10-11-12-13-16-21(19-20(2)3)27-23(26)18-15-14-17-22(24)25/h20-21H,4-19H2,1-3H3,(H,24,25). The summed E-state index contributed by atoms with van der Waals surface area (Å²) < 4.78 is 5.66. The molecule has 0 radical (unpaired) electrons. The van der Waals surface area contributed by atoms with Gasteiger partial charge >= 0.3 is 11.9 Å². The van der Waals surface area contributed by atoms with Crippen LogP contribution >= 0.6 is 0 Å². The van der Waals surface area contributed by atoms with E-state index in [0.29, 0.717) is 25.2 Å². The number of carboxylic acids is 1. The zero-order valence-corrected chi connectivity index (χ0v) is 18.1. The molecule has 0 aliphatic carbocycles. The molecule has 0 rings (SSSR count). The summed E-state index contributed by atoms with van der Waals surface area (Å²) >= 11 is 0. The molecule has 0 spiro atoms. The van der Waals surface area contributed by atoms with Gasteiger partial charge in [-0.1, -0.05) is 78.6 Å². The Morgan fingerprint density at radius 1 is 0.778 bits per heavy atom. The van der Waals surface area contributed by atoms with E-state index in [9.17, 15) is 9.59 Å². The molecule has 0 saturated carbocycles. The lowest BCUT2D eigenvalue weighted by Crippen LogP contribution is -2.20. The number of hydrogen-bond acceptors (Lipinski definition) is 3. The Morgan fingerprint density at radius 2 is 1.30 bits per heavy atom. The van der Waals surface area contributed by atoms with Gasteiger partial charge in [-0.25, -0.2) is 0 Å². The van der Waals surface area contributed by atoms with Crippen LogP contribution in [0.25, 0.3) is 0 Å². The minimum absolute atomic E-state index is 0.0195. The van der Waals surface area contributed by atoms with E-state index in [2.05, 4.69) is 20.8 Å². The summed E-state index contributed by atoms with van der Waals surface area (Å²) in [5, 5.41) is 8.63. The van der Waals surface area contributed by atoms with Gasteiger partial charge in [0.1, 0.15) is 6.10 Å². The normalized spacial score (nSPS) is 12.3. The second-order valence-electron chi connectivity index (χ2n) is 8.31. The summed E-state index contributed by atoms with van der Waals surface area (Å²) in [6.45, 7) is 6.57. The van der Waals surface area contributed by atoms with Gasteiger partial charge < -0.3 is 9.84 Å². The van der Waals surface area contributed by atoms with E-state index < -0.39 is 5.97 Å². The number of esters is 1. The molecule has 1 N–H and O–H groups in total. The maximum atomic E-state index is 12.0. The van der Waals surface area contributed by atoms with Crippen LogP contribution in [0.15, 0.2) is 0 Å². The van der Waals surface area contributed by atoms with E-state index in [-0.39, 0.29) is 18.5 Å². The van der Waals surface area contributed by atoms with Crippen LogP contribution in [0.5, 0.6) is 0 Å². The van der Waals surface area contributed by atoms with Gasteiger partial charge in [-0.2, -0.15) is 0 Å². The summed E-state index contributed by atoms with van der Waals surface area (Å²) in [7, 11) is 0. The SMILES string of the molecule is CCCCCCCCCCCCC(CC(C)C)OC(=O)CCCCC(=O)O. The van der Waals surface area contributed by atoms with E-state index in [1.54, 1.807) is 0 Å². The largest absolute Gasteiger partial charge is 0.481 e. The monoisotopic (exact) mass is 384 g/mol. The number of hydrogen-bond donors (Lipinski definition) is 1. The number of carbonyl (C=O) groups excluding carboxylic acids is 1. The van der Waals surface area contributed by atoms with Crippen molar-refractivity contribution >= 4 is 11.9 Å². The first-order chi connectivity index (χ1) is 13.0. The number of carbonyl (C=O) groups is 2. The van der Waals surface area contributed by atoms with Crippen molar-refractivity contribution in [3.05, 3.63) is 0 Å². The summed E-state index contributed by atoms with van der Waals surface area (Å²) in [4.78, 5) is 22.5. The smallest absolute Gasteiger partial charge is 0.306 e. The lowest BCUT2D eigenvalue weighted by Gasteiger charge is -2.20. The fourth-order valence-electron chi connectivity index (χ4n) is 3.40. The third-order valence-corrected chi connectivity index (χ3v) is 4.93. The quantitative estimate of drug-likeness (QED) is 0.194. The minimum atomic E-state index is -0.804. The molecule has 0 bridgehead atoms. The van der Waals surface area contributed by atoms with Gasteiger partial charge in [-0.3, -0.25) is 9.59 Å². The van der Waals surface area contributed by atoms with E-state index >= 15 is 0 Å². The van der Waals surface area contributed by atoms with Gasteiger partial charge in [-0.15, -0.1) is 0 Å². The van der Waals surface area contributed by atoms with Gasteiger partial charge in [0, 0.05) is 12.8 Å². The lowest BCUT2D eigenvalue weighted by molar-refractivity contribution is -0.150. The third kappa shape index (κ3) is 19.5. The van der Waals surface area contributed by atoms with Crippen molar-refractivity contribution < 1.29 is 19.4 Å². The van der Waals surface area contributed by atoms with E-state index in [1.165, 1.54) is 57.8 Å². The van der Waals surface area contributed by atoms with Crippen molar-refractivity contribution in [3.8, 4) is 0 Å². The Hall–Kier alpha value is -1.06. The van der Waals surface area contributed by atoms with Crippen molar-refractivity contribution in [2.75, 3.05) is 0 Å². The molecule has 0 aliphatic rings. The van der Waals surface area contributed by atoms with Crippen molar-refractivity contribution in [2.45, 2.75) is 130 Å². The van der Waals surface area contributed by atoms with E-state index in [4.69, 9.17) is 9.84 Å². The molecule has 4 heteroatoms. The fraction of sp³-hybridized carbons (Fsp3) is 0.913. The molecule has 0 fully saturated rings. The van der Waals surface area contributed by atoms with Gasteiger partial charge in [0.2, 0.25) is 0 Å². The number of unbranched alkanes of at least 4 members (excludes halogenated alkanes) is 10. The molecule has 1 atom stereocenters. The van der Waals surface area contributed by atoms with Crippen LogP contribution in [0, 0.1) is 5.92 Å². The minimum Gasteiger partial charge on any atom is -0.481 e. The molecule has 0 heterocycles. The van der Waals surface area contributed by atoms with Gasteiger partial charge in [0.15, 0.2) is 0 Å². The number of aliphatic carboxylic acids is 1. The second-order valence-corrected chi connectivity index (χ2v) is 8.31. The lowest BCUT2D eigenvalue weighted by atomic mass is 9.99. The van der Waals surface area contributed by atoms with E-state index in [0.717, 1.165) is 19.3 Å². The molecule has 160 valence electrons. The van der Waals surface area contributed by atoms with Gasteiger partial charge in [0.05, 0.1) is 0 Å². The molecule has 0 aliphatic heterocycles. The predicted molar refractivity (Wildman–Crippen MR) is 112 cm³/mol. The molecular formula is C23H44O4. The topological polar surface area (TPSA) is 63.6 Å². The number of ether oxygens (including phenoxy) is 1. The Balaban J connectivity index is 3.80. The number of rotatable bonds is 19. The first-order valence-corrected chi connectivity index (χ1v) is 11.4. The molecule has 0 saturated heterocycles. The van der Waals surface area contributed by atoms with Crippen LogP contribution in [0.3, 0.4) is 0 Å². The van der Waals surface area contributed by atoms with Gasteiger partial charge in [-0.05, 0) is 38.0 Å². The molecule has 27 heavy (non-hydrogen) atoms. The highest BCUT2D eigenvalue weighted by molar-refractivity contribution is 5.70. The Morgan fingerprint density at radius 3 is 1.81 bits per heavy atom. The molecule has 0 aromatic rings. The van der Waals surface area contributed by atoms with Crippen LogP contribution in [-0.2, 0) is 14.3 Å². The Bertz CT molecular complexity index is 365. The molecule has 0 amide bonds. The highest BCUT2D eigenvalue weighted by Gasteiger charge is 2.16. The highest BCUT2D eigenvalue weighted by atomic mass is 16.5. The van der Waals surface area contributed by atoms with Gasteiger partial charge in [0.25, 0.3) is 0 Å². The van der Waals surface area contributed by atoms with Crippen molar-refractivity contribution in [2.24, 2.45) is 5.92 Å². The average Bonchev–Trinajstić information content (AvgIpc) is 2.59. The zero-order chi connectivity index (χ0) is 20.3. The summed E-state index contributed by atoms with van der Waals surface area (Å²) in [6.07, 6.45) is 16.6.